The van der Waals surface area contributed by atoms with Crippen molar-refractivity contribution in [2.45, 2.75) is 20.3 Å². The van der Waals surface area contributed by atoms with Gasteiger partial charge in [-0.25, -0.2) is 4.98 Å². The second-order valence-electron chi connectivity index (χ2n) is 6.47. The van der Waals surface area contributed by atoms with Crippen LogP contribution in [0.4, 0.5) is 11.5 Å². The number of hydrogen-bond acceptors (Lipinski definition) is 4. The van der Waals surface area contributed by atoms with Crippen molar-refractivity contribution < 1.29 is 0 Å². The first-order valence-electron chi connectivity index (χ1n) is 8.93. The summed E-state index contributed by atoms with van der Waals surface area (Å²) in [6, 6.07) is 18.9. The van der Waals surface area contributed by atoms with Gasteiger partial charge < -0.3 is 4.90 Å². The Morgan fingerprint density at radius 2 is 1.70 bits per heavy atom. The molecule has 0 N–H and O–H groups in total. The molecule has 3 nitrogen and oxygen atoms in total. The third-order valence-corrected chi connectivity index (χ3v) is 5.96. The molecule has 2 aromatic carbocycles. The first-order valence-corrected chi connectivity index (χ1v) is 10.1. The van der Waals surface area contributed by atoms with Crippen molar-refractivity contribution in [2.75, 3.05) is 11.9 Å². The minimum Gasteiger partial charge on any atom is -0.329 e. The number of hydrogen-bond donors (Lipinski definition) is 0. The number of aryl methyl sites for hydroxylation is 2. The van der Waals surface area contributed by atoms with Crippen LogP contribution in [0.25, 0.3) is 21.3 Å². The normalized spacial score (nSPS) is 11.1. The molecule has 136 valence electrons. The summed E-state index contributed by atoms with van der Waals surface area (Å²) in [6.07, 6.45) is 1.03. The first kappa shape index (κ1) is 18.0. The first-order chi connectivity index (χ1) is 13.1. The van der Waals surface area contributed by atoms with Gasteiger partial charge in [-0.2, -0.15) is 4.98 Å². The SMILES string of the molecule is CCc1ccc(-c2c(C)sc3nc(Cl)nc(N(C)c4ccccc4)c23)cc1. The lowest BCUT2D eigenvalue weighted by Crippen LogP contribution is -2.12. The molecule has 5 heteroatoms. The second-order valence-corrected chi connectivity index (χ2v) is 8.02. The van der Waals surface area contributed by atoms with Gasteiger partial charge in [0.15, 0.2) is 0 Å². The number of para-hydroxylation sites is 1. The van der Waals surface area contributed by atoms with Gasteiger partial charge in [0.2, 0.25) is 5.28 Å². The van der Waals surface area contributed by atoms with Gasteiger partial charge in [0.05, 0.1) is 5.39 Å². The van der Waals surface area contributed by atoms with E-state index in [1.165, 1.54) is 21.6 Å². The lowest BCUT2D eigenvalue weighted by Gasteiger charge is -2.20. The molecule has 0 atom stereocenters. The van der Waals surface area contributed by atoms with Crippen LogP contribution in [0, 0.1) is 6.92 Å². The smallest absolute Gasteiger partial charge is 0.225 e. The minimum absolute atomic E-state index is 0.273. The summed E-state index contributed by atoms with van der Waals surface area (Å²) in [6.45, 7) is 4.30. The van der Waals surface area contributed by atoms with E-state index in [-0.39, 0.29) is 5.28 Å². The molecule has 0 aliphatic carbocycles. The number of rotatable bonds is 4. The zero-order chi connectivity index (χ0) is 19.0. The Hall–Kier alpha value is -2.43. The molecule has 0 amide bonds. The highest BCUT2D eigenvalue weighted by atomic mass is 35.5. The van der Waals surface area contributed by atoms with E-state index in [0.29, 0.717) is 0 Å². The Labute approximate surface area is 168 Å². The third-order valence-electron chi connectivity index (χ3n) is 4.79. The summed E-state index contributed by atoms with van der Waals surface area (Å²) in [5, 5.41) is 1.33. The topological polar surface area (TPSA) is 29.0 Å². The van der Waals surface area contributed by atoms with Gasteiger partial charge in [-0.15, -0.1) is 11.3 Å². The number of nitrogens with zero attached hydrogens (tertiary/aromatic N) is 3. The standard InChI is InChI=1S/C22H20ClN3S/c1-4-15-10-12-16(13-11-15)18-14(2)27-21-19(18)20(24-22(23)25-21)26(3)17-8-6-5-7-9-17/h5-13H,4H2,1-3H3. The van der Waals surface area contributed by atoms with Crippen LogP contribution < -0.4 is 4.90 Å². The largest absolute Gasteiger partial charge is 0.329 e. The van der Waals surface area contributed by atoms with Crippen LogP contribution >= 0.6 is 22.9 Å². The molecule has 0 spiro atoms. The van der Waals surface area contributed by atoms with Gasteiger partial charge in [-0.1, -0.05) is 49.4 Å². The van der Waals surface area contributed by atoms with E-state index in [2.05, 4.69) is 65.1 Å². The Kier molecular flexibility index (Phi) is 4.85. The monoisotopic (exact) mass is 393 g/mol. The summed E-state index contributed by atoms with van der Waals surface area (Å²) >= 11 is 7.92. The van der Waals surface area contributed by atoms with Crippen molar-refractivity contribution in [2.24, 2.45) is 0 Å². The van der Waals surface area contributed by atoms with Crippen LogP contribution in [-0.4, -0.2) is 17.0 Å². The molecule has 4 rings (SSSR count). The van der Waals surface area contributed by atoms with Gasteiger partial charge >= 0.3 is 0 Å². The Morgan fingerprint density at radius 1 is 1.00 bits per heavy atom. The molecule has 0 aliphatic rings. The number of benzene rings is 2. The van der Waals surface area contributed by atoms with E-state index in [0.717, 1.165) is 28.1 Å². The molecule has 0 saturated heterocycles. The molecule has 0 unspecified atom stereocenters. The summed E-state index contributed by atoms with van der Waals surface area (Å²) in [5.41, 5.74) is 4.76. The van der Waals surface area contributed by atoms with Crippen LogP contribution in [0.15, 0.2) is 54.6 Å². The van der Waals surface area contributed by atoms with E-state index in [9.17, 15) is 0 Å². The van der Waals surface area contributed by atoms with Crippen LogP contribution in [0.3, 0.4) is 0 Å². The summed E-state index contributed by atoms with van der Waals surface area (Å²) in [5.74, 6) is 0.829. The Morgan fingerprint density at radius 3 is 2.37 bits per heavy atom. The number of anilines is 2. The second kappa shape index (κ2) is 7.29. The van der Waals surface area contributed by atoms with Gasteiger partial charge in [0.1, 0.15) is 10.6 Å². The van der Waals surface area contributed by atoms with Crippen LogP contribution in [0.5, 0.6) is 0 Å². The van der Waals surface area contributed by atoms with Gasteiger partial charge in [0, 0.05) is 23.2 Å². The molecule has 0 radical (unpaired) electrons. The fourth-order valence-electron chi connectivity index (χ4n) is 3.34. The molecule has 0 bridgehead atoms. The van der Waals surface area contributed by atoms with Gasteiger partial charge in [-0.3, -0.25) is 0 Å². The van der Waals surface area contributed by atoms with E-state index in [1.54, 1.807) is 11.3 Å². The van der Waals surface area contributed by atoms with E-state index < -0.39 is 0 Å². The number of fused-ring (bicyclic) bond motifs is 1. The molecule has 0 aliphatic heterocycles. The van der Waals surface area contributed by atoms with Crippen molar-refractivity contribution in [3.8, 4) is 11.1 Å². The van der Waals surface area contributed by atoms with E-state index in [1.807, 2.05) is 25.2 Å². The van der Waals surface area contributed by atoms with E-state index in [4.69, 9.17) is 11.6 Å². The summed E-state index contributed by atoms with van der Waals surface area (Å²) in [4.78, 5) is 13.3. The molecule has 2 heterocycles. The zero-order valence-electron chi connectivity index (χ0n) is 15.5. The summed E-state index contributed by atoms with van der Waals surface area (Å²) < 4.78 is 0. The predicted molar refractivity (Wildman–Crippen MR) is 116 cm³/mol. The lowest BCUT2D eigenvalue weighted by molar-refractivity contribution is 1.12. The van der Waals surface area contributed by atoms with Crippen LogP contribution in [0.1, 0.15) is 17.4 Å². The average molecular weight is 394 g/mol. The van der Waals surface area contributed by atoms with Crippen molar-refractivity contribution in [3.63, 3.8) is 0 Å². The average Bonchev–Trinajstić information content (AvgIpc) is 3.03. The molecule has 2 aromatic heterocycles. The molecular weight excluding hydrogens is 374 g/mol. The fourth-order valence-corrected chi connectivity index (χ4v) is 4.59. The predicted octanol–water partition coefficient (Wildman–Crippen LogP) is 6.65. The van der Waals surface area contributed by atoms with Gasteiger partial charge in [-0.05, 0) is 48.2 Å². The van der Waals surface area contributed by atoms with Crippen molar-refractivity contribution >= 4 is 44.7 Å². The molecule has 0 fully saturated rings. The van der Waals surface area contributed by atoms with Crippen molar-refractivity contribution in [1.29, 1.82) is 0 Å². The van der Waals surface area contributed by atoms with Crippen molar-refractivity contribution in [1.82, 2.24) is 9.97 Å². The minimum atomic E-state index is 0.273. The Bertz CT molecular complexity index is 1090. The van der Waals surface area contributed by atoms with Crippen LogP contribution in [-0.2, 0) is 6.42 Å². The maximum atomic E-state index is 6.26. The molecular formula is C22H20ClN3S. The Balaban J connectivity index is 1.96. The molecule has 0 saturated carbocycles. The van der Waals surface area contributed by atoms with Crippen molar-refractivity contribution in [3.05, 3.63) is 70.3 Å². The molecule has 4 aromatic rings. The lowest BCUT2D eigenvalue weighted by atomic mass is 10.0. The van der Waals surface area contributed by atoms with Gasteiger partial charge in [0.25, 0.3) is 0 Å². The maximum Gasteiger partial charge on any atom is 0.225 e. The number of aromatic nitrogens is 2. The summed E-state index contributed by atoms with van der Waals surface area (Å²) in [7, 11) is 2.02. The quantitative estimate of drug-likeness (QED) is 0.363. The highest BCUT2D eigenvalue weighted by molar-refractivity contribution is 7.19. The highest BCUT2D eigenvalue weighted by Crippen LogP contribution is 2.43. The zero-order valence-corrected chi connectivity index (χ0v) is 17.1. The highest BCUT2D eigenvalue weighted by Gasteiger charge is 2.21. The fraction of sp³-hybridized carbons (Fsp3) is 0.182. The third kappa shape index (κ3) is 3.31. The van der Waals surface area contributed by atoms with E-state index >= 15 is 0 Å². The number of halogens is 1. The number of thiophene rings is 1. The van der Waals surface area contributed by atoms with Crippen LogP contribution in [0.2, 0.25) is 5.28 Å². The maximum absolute atomic E-state index is 6.26. The molecule has 27 heavy (non-hydrogen) atoms.